The molecular formula is C11H9N2O. The fourth-order valence-corrected chi connectivity index (χ4v) is 1.22. The van der Waals surface area contributed by atoms with Crippen molar-refractivity contribution < 1.29 is 0 Å². The lowest BCUT2D eigenvalue weighted by molar-refractivity contribution is 0.636. The highest BCUT2D eigenvalue weighted by Crippen LogP contribution is 1.98. The molecule has 0 aliphatic carbocycles. The zero-order chi connectivity index (χ0) is 9.80. The molecule has 0 bridgehead atoms. The summed E-state index contributed by atoms with van der Waals surface area (Å²) in [4.78, 5) is 11.3. The van der Waals surface area contributed by atoms with E-state index in [1.54, 1.807) is 0 Å². The van der Waals surface area contributed by atoms with Crippen LogP contribution in [-0.2, 0) is 6.54 Å². The Bertz CT molecular complexity index is 462. The molecule has 0 aliphatic rings. The van der Waals surface area contributed by atoms with Crippen LogP contribution in [-0.4, -0.2) is 9.78 Å². The monoisotopic (exact) mass is 185 g/mol. The maximum atomic E-state index is 11.3. The molecule has 3 nitrogen and oxygen atoms in total. The van der Waals surface area contributed by atoms with Crippen LogP contribution in [0.5, 0.6) is 0 Å². The number of hydrogen-bond acceptors (Lipinski definition) is 2. The predicted octanol–water partition coefficient (Wildman–Crippen LogP) is 1.09. The fraction of sp³-hybridized carbons (Fsp3) is 0.0909. The van der Waals surface area contributed by atoms with Crippen LogP contribution < -0.4 is 5.56 Å². The van der Waals surface area contributed by atoms with E-state index in [-0.39, 0.29) is 5.56 Å². The van der Waals surface area contributed by atoms with E-state index in [0.29, 0.717) is 6.54 Å². The summed E-state index contributed by atoms with van der Waals surface area (Å²) in [5.41, 5.74) is 0.953. The first kappa shape index (κ1) is 8.69. The molecular weight excluding hydrogens is 176 g/mol. The molecule has 3 heteroatoms. The molecule has 0 spiro atoms. The minimum Gasteiger partial charge on any atom is -0.268 e. The Labute approximate surface area is 81.6 Å². The summed E-state index contributed by atoms with van der Waals surface area (Å²) >= 11 is 0. The Balaban J connectivity index is 2.28. The highest BCUT2D eigenvalue weighted by atomic mass is 16.1. The average Bonchev–Trinajstić information content (AvgIpc) is 2.23. The van der Waals surface area contributed by atoms with Crippen molar-refractivity contribution in [1.82, 2.24) is 9.78 Å². The largest absolute Gasteiger partial charge is 0.268 e. The Morgan fingerprint density at radius 2 is 2.00 bits per heavy atom. The molecule has 0 unspecified atom stereocenters. The van der Waals surface area contributed by atoms with Gasteiger partial charge in [-0.05, 0) is 11.6 Å². The summed E-state index contributed by atoms with van der Waals surface area (Å²) in [6.07, 6.45) is 2.64. The minimum atomic E-state index is -0.104. The predicted molar refractivity (Wildman–Crippen MR) is 52.9 cm³/mol. The van der Waals surface area contributed by atoms with Gasteiger partial charge in [-0.1, -0.05) is 30.3 Å². The molecule has 0 fully saturated rings. The molecule has 2 rings (SSSR count). The standard InChI is InChI=1S/C11H9N2O/c14-11-7-4-8-12-13(11)9-10-5-2-1-3-6-10/h1-7H,9H2. The van der Waals surface area contributed by atoms with Gasteiger partial charge in [0.05, 0.1) is 6.54 Å². The van der Waals surface area contributed by atoms with Crippen molar-refractivity contribution in [2.75, 3.05) is 0 Å². The van der Waals surface area contributed by atoms with Crippen LogP contribution in [0.1, 0.15) is 5.56 Å². The van der Waals surface area contributed by atoms with Crippen LogP contribution in [0.3, 0.4) is 0 Å². The van der Waals surface area contributed by atoms with E-state index in [9.17, 15) is 4.79 Å². The SMILES string of the molecule is O=c1cc[c]nn1Cc1ccccc1. The summed E-state index contributed by atoms with van der Waals surface area (Å²) in [6.45, 7) is 0.497. The van der Waals surface area contributed by atoms with Gasteiger partial charge in [0, 0.05) is 6.07 Å². The molecule has 0 saturated heterocycles. The summed E-state index contributed by atoms with van der Waals surface area (Å²) in [7, 11) is 0. The molecule has 0 saturated carbocycles. The second-order valence-corrected chi connectivity index (χ2v) is 2.94. The number of benzene rings is 1. The van der Waals surface area contributed by atoms with E-state index in [4.69, 9.17) is 0 Å². The van der Waals surface area contributed by atoms with E-state index in [1.165, 1.54) is 16.8 Å². The molecule has 69 valence electrons. The molecule has 1 radical (unpaired) electrons. The second-order valence-electron chi connectivity index (χ2n) is 2.94. The zero-order valence-corrected chi connectivity index (χ0v) is 7.55. The first-order valence-electron chi connectivity index (χ1n) is 4.34. The van der Waals surface area contributed by atoms with Crippen molar-refractivity contribution in [1.29, 1.82) is 0 Å². The summed E-state index contributed by atoms with van der Waals surface area (Å²) in [5, 5.41) is 3.85. The molecule has 2 aromatic rings. The highest BCUT2D eigenvalue weighted by Gasteiger charge is 1.96. The van der Waals surface area contributed by atoms with Crippen molar-refractivity contribution in [3.05, 3.63) is 64.6 Å². The lowest BCUT2D eigenvalue weighted by Gasteiger charge is -2.02. The Kier molecular flexibility index (Phi) is 2.40. The van der Waals surface area contributed by atoms with Crippen molar-refractivity contribution in [2.24, 2.45) is 0 Å². The van der Waals surface area contributed by atoms with Gasteiger partial charge in [0.2, 0.25) is 0 Å². The third kappa shape index (κ3) is 1.88. The molecule has 1 heterocycles. The summed E-state index contributed by atoms with van der Waals surface area (Å²) < 4.78 is 1.38. The van der Waals surface area contributed by atoms with Gasteiger partial charge in [0.25, 0.3) is 5.56 Å². The molecule has 1 aromatic heterocycles. The Morgan fingerprint density at radius 3 is 2.71 bits per heavy atom. The Morgan fingerprint density at radius 1 is 1.21 bits per heavy atom. The van der Waals surface area contributed by atoms with Crippen molar-refractivity contribution in [3.63, 3.8) is 0 Å². The molecule has 14 heavy (non-hydrogen) atoms. The quantitative estimate of drug-likeness (QED) is 0.702. The van der Waals surface area contributed by atoms with E-state index in [0.717, 1.165) is 5.56 Å². The first-order valence-corrected chi connectivity index (χ1v) is 4.34. The van der Waals surface area contributed by atoms with Gasteiger partial charge in [-0.25, -0.2) is 4.68 Å². The van der Waals surface area contributed by atoms with E-state index in [2.05, 4.69) is 11.3 Å². The van der Waals surface area contributed by atoms with Crippen LogP contribution in [0, 0.1) is 6.20 Å². The van der Waals surface area contributed by atoms with Crippen molar-refractivity contribution in [3.8, 4) is 0 Å². The molecule has 1 aromatic carbocycles. The van der Waals surface area contributed by atoms with Gasteiger partial charge in [-0.15, -0.1) is 0 Å². The summed E-state index contributed by atoms with van der Waals surface area (Å²) in [6, 6.07) is 12.7. The van der Waals surface area contributed by atoms with Gasteiger partial charge in [0.1, 0.15) is 6.20 Å². The highest BCUT2D eigenvalue weighted by molar-refractivity contribution is 5.14. The number of nitrogens with zero attached hydrogens (tertiary/aromatic N) is 2. The van der Waals surface area contributed by atoms with Gasteiger partial charge in [0.15, 0.2) is 0 Å². The van der Waals surface area contributed by atoms with Gasteiger partial charge in [-0.3, -0.25) is 4.79 Å². The maximum absolute atomic E-state index is 11.3. The van der Waals surface area contributed by atoms with E-state index >= 15 is 0 Å². The van der Waals surface area contributed by atoms with Crippen molar-refractivity contribution in [2.45, 2.75) is 6.54 Å². The minimum absolute atomic E-state index is 0.104. The first-order chi connectivity index (χ1) is 6.86. The second kappa shape index (κ2) is 3.87. The smallest absolute Gasteiger partial charge is 0.267 e. The van der Waals surface area contributed by atoms with E-state index < -0.39 is 0 Å². The van der Waals surface area contributed by atoms with Crippen LogP contribution in [0.2, 0.25) is 0 Å². The van der Waals surface area contributed by atoms with Crippen molar-refractivity contribution >= 4 is 0 Å². The van der Waals surface area contributed by atoms with Crippen LogP contribution in [0.25, 0.3) is 0 Å². The average molecular weight is 185 g/mol. The zero-order valence-electron chi connectivity index (χ0n) is 7.55. The normalized spacial score (nSPS) is 10.0. The van der Waals surface area contributed by atoms with Crippen LogP contribution >= 0.6 is 0 Å². The number of hydrogen-bond donors (Lipinski definition) is 0. The molecule has 0 amide bonds. The fourth-order valence-electron chi connectivity index (χ4n) is 1.22. The maximum Gasteiger partial charge on any atom is 0.267 e. The van der Waals surface area contributed by atoms with Gasteiger partial charge >= 0.3 is 0 Å². The third-order valence-corrected chi connectivity index (χ3v) is 1.91. The Hall–Kier alpha value is -1.90. The topological polar surface area (TPSA) is 34.9 Å². The third-order valence-electron chi connectivity index (χ3n) is 1.91. The van der Waals surface area contributed by atoms with Gasteiger partial charge in [-0.2, -0.15) is 5.10 Å². The number of aromatic nitrogens is 2. The van der Waals surface area contributed by atoms with E-state index in [1.807, 2.05) is 30.3 Å². The van der Waals surface area contributed by atoms with Crippen LogP contribution in [0.15, 0.2) is 47.3 Å². The van der Waals surface area contributed by atoms with Crippen LogP contribution in [0.4, 0.5) is 0 Å². The van der Waals surface area contributed by atoms with Gasteiger partial charge < -0.3 is 0 Å². The molecule has 0 aliphatic heterocycles. The summed E-state index contributed by atoms with van der Waals surface area (Å²) in [5.74, 6) is 0. The molecule has 0 atom stereocenters. The number of rotatable bonds is 2. The lowest BCUT2D eigenvalue weighted by Crippen LogP contribution is -2.21. The molecule has 0 N–H and O–H groups in total. The lowest BCUT2D eigenvalue weighted by atomic mass is 10.2.